The van der Waals surface area contributed by atoms with Crippen LogP contribution in [0.4, 0.5) is 0 Å². The van der Waals surface area contributed by atoms with Crippen LogP contribution in [0, 0.1) is 0 Å². The first kappa shape index (κ1) is 20.0. The van der Waals surface area contributed by atoms with Crippen LogP contribution in [0.1, 0.15) is 19.8 Å². The average Bonchev–Trinajstić information content (AvgIpc) is 3.17. The van der Waals surface area contributed by atoms with E-state index < -0.39 is 16.1 Å². The molecule has 4 rings (SSSR count). The fourth-order valence-corrected chi connectivity index (χ4v) is 7.09. The van der Waals surface area contributed by atoms with Crippen LogP contribution < -0.4 is 0 Å². The van der Waals surface area contributed by atoms with Gasteiger partial charge in [0.25, 0.3) is 0 Å². The Balaban J connectivity index is 1.42. The van der Waals surface area contributed by atoms with Gasteiger partial charge in [-0.3, -0.25) is 9.59 Å². The van der Waals surface area contributed by atoms with Crippen molar-refractivity contribution in [3.8, 4) is 0 Å². The number of carbonyl (C=O) groups excluding carboxylic acids is 2. The molecule has 152 valence electrons. The zero-order chi connectivity index (χ0) is 20.1. The van der Waals surface area contributed by atoms with Gasteiger partial charge in [-0.25, -0.2) is 8.42 Å². The van der Waals surface area contributed by atoms with E-state index in [1.807, 2.05) is 6.92 Å². The van der Waals surface area contributed by atoms with Crippen molar-refractivity contribution in [3.05, 3.63) is 29.3 Å². The number of nitrogens with zero attached hydrogens (tertiary/aromatic N) is 3. The van der Waals surface area contributed by atoms with Crippen molar-refractivity contribution in [3.63, 3.8) is 0 Å². The molecule has 0 aliphatic carbocycles. The summed E-state index contributed by atoms with van der Waals surface area (Å²) >= 11 is 7.50. The van der Waals surface area contributed by atoms with Crippen LogP contribution in [0.3, 0.4) is 0 Å². The highest BCUT2D eigenvalue weighted by molar-refractivity contribution is 8.01. The summed E-state index contributed by atoms with van der Waals surface area (Å²) in [7, 11) is -3.61. The van der Waals surface area contributed by atoms with E-state index in [1.54, 1.807) is 33.7 Å². The molecule has 7 nitrogen and oxygen atoms in total. The van der Waals surface area contributed by atoms with Gasteiger partial charge in [-0.05, 0) is 37.6 Å². The predicted molar refractivity (Wildman–Crippen MR) is 108 cm³/mol. The molecular formula is C18H22ClN3O4S2. The first-order valence-corrected chi connectivity index (χ1v) is 12.0. The van der Waals surface area contributed by atoms with Crippen molar-refractivity contribution in [2.75, 3.05) is 31.9 Å². The Bertz CT molecular complexity index is 900. The van der Waals surface area contributed by atoms with Crippen LogP contribution in [0.5, 0.6) is 0 Å². The average molecular weight is 444 g/mol. The minimum atomic E-state index is -3.61. The predicted octanol–water partition coefficient (Wildman–Crippen LogP) is 1.63. The lowest BCUT2D eigenvalue weighted by Gasteiger charge is -2.37. The number of carbonyl (C=O) groups is 2. The van der Waals surface area contributed by atoms with Crippen LogP contribution in [0.15, 0.2) is 29.2 Å². The molecule has 0 radical (unpaired) electrons. The Labute approximate surface area is 174 Å². The van der Waals surface area contributed by atoms with Crippen molar-refractivity contribution < 1.29 is 18.0 Å². The summed E-state index contributed by atoms with van der Waals surface area (Å²) in [6, 6.07) is 5.64. The molecule has 0 unspecified atom stereocenters. The summed E-state index contributed by atoms with van der Waals surface area (Å²) in [5, 5.41) is 0.479. The fourth-order valence-electron chi connectivity index (χ4n) is 4.12. The second-order valence-electron chi connectivity index (χ2n) is 7.45. The molecule has 28 heavy (non-hydrogen) atoms. The number of thioether (sulfide) groups is 1. The van der Waals surface area contributed by atoms with Gasteiger partial charge in [0.1, 0.15) is 6.04 Å². The molecule has 3 aliphatic heterocycles. The second-order valence-corrected chi connectivity index (χ2v) is 11.3. The highest BCUT2D eigenvalue weighted by Crippen LogP contribution is 2.47. The molecule has 3 saturated heterocycles. The van der Waals surface area contributed by atoms with Crippen LogP contribution in [0.25, 0.3) is 0 Å². The molecule has 2 amide bonds. The molecule has 0 aromatic heterocycles. The molecule has 1 aromatic rings. The van der Waals surface area contributed by atoms with Crippen LogP contribution in [0.2, 0.25) is 5.02 Å². The molecular weight excluding hydrogens is 422 g/mol. The maximum atomic E-state index is 13.0. The van der Waals surface area contributed by atoms with Crippen molar-refractivity contribution in [1.82, 2.24) is 14.1 Å². The number of halogens is 1. The fraction of sp³-hybridized carbons (Fsp3) is 0.556. The Hall–Kier alpha value is -1.29. The number of benzene rings is 1. The highest BCUT2D eigenvalue weighted by Gasteiger charge is 2.53. The molecule has 2 atom stereocenters. The first-order chi connectivity index (χ1) is 13.2. The lowest BCUT2D eigenvalue weighted by Crippen LogP contribution is -2.56. The van der Waals surface area contributed by atoms with Gasteiger partial charge >= 0.3 is 0 Å². The minimum absolute atomic E-state index is 0.0369. The number of fused-ring (bicyclic) bond motifs is 1. The highest BCUT2D eigenvalue weighted by atomic mass is 35.5. The third kappa shape index (κ3) is 3.32. The normalized spacial score (nSPS) is 28.6. The van der Waals surface area contributed by atoms with Gasteiger partial charge in [0, 0.05) is 43.4 Å². The van der Waals surface area contributed by atoms with E-state index in [9.17, 15) is 18.0 Å². The molecule has 10 heteroatoms. The smallest absolute Gasteiger partial charge is 0.246 e. The summed E-state index contributed by atoms with van der Waals surface area (Å²) in [5.74, 6) is 0.564. The number of sulfonamides is 1. The molecule has 0 spiro atoms. The zero-order valence-corrected chi connectivity index (χ0v) is 17.9. The second kappa shape index (κ2) is 7.19. The van der Waals surface area contributed by atoms with Gasteiger partial charge in [-0.2, -0.15) is 4.31 Å². The molecule has 0 bridgehead atoms. The largest absolute Gasteiger partial charge is 0.338 e. The summed E-state index contributed by atoms with van der Waals surface area (Å²) in [6.45, 7) is 3.15. The molecule has 1 aromatic carbocycles. The van der Waals surface area contributed by atoms with E-state index in [2.05, 4.69) is 0 Å². The molecule has 0 saturated carbocycles. The van der Waals surface area contributed by atoms with Crippen molar-refractivity contribution in [2.45, 2.75) is 35.6 Å². The zero-order valence-electron chi connectivity index (χ0n) is 15.5. The van der Waals surface area contributed by atoms with E-state index >= 15 is 0 Å². The van der Waals surface area contributed by atoms with Crippen LogP contribution in [-0.2, 0) is 19.6 Å². The Morgan fingerprint density at radius 3 is 2.46 bits per heavy atom. The number of piperazine rings is 1. The van der Waals surface area contributed by atoms with Gasteiger partial charge in [0.05, 0.1) is 9.77 Å². The number of hydrogen-bond acceptors (Lipinski definition) is 5. The topological polar surface area (TPSA) is 78.0 Å². The third-order valence-electron chi connectivity index (χ3n) is 5.73. The van der Waals surface area contributed by atoms with Crippen LogP contribution >= 0.6 is 23.4 Å². The summed E-state index contributed by atoms with van der Waals surface area (Å²) < 4.78 is 27.0. The molecule has 3 aliphatic rings. The quantitative estimate of drug-likeness (QED) is 0.709. The van der Waals surface area contributed by atoms with Gasteiger partial charge in [-0.1, -0.05) is 11.6 Å². The SMILES string of the molecule is C[C@@]12CCC(=O)N1[C@@H](C(=O)N1CCN(S(=O)(=O)c3ccc(Cl)cc3)CC1)CS2. The summed E-state index contributed by atoms with van der Waals surface area (Å²) in [6.07, 6.45) is 1.26. The van der Waals surface area contributed by atoms with Gasteiger partial charge in [0.2, 0.25) is 21.8 Å². The standard InChI is InChI=1S/C18H22ClN3O4S2/c1-18-7-6-16(23)22(18)15(12-27-18)17(24)20-8-10-21(11-9-20)28(25,26)14-4-2-13(19)3-5-14/h2-5,15H,6-12H2,1H3/t15-,18-/m1/s1. The Morgan fingerprint density at radius 1 is 1.18 bits per heavy atom. The molecule has 3 heterocycles. The maximum absolute atomic E-state index is 13.0. The van der Waals surface area contributed by atoms with Crippen molar-refractivity contribution >= 4 is 45.2 Å². The van der Waals surface area contributed by atoms with E-state index in [1.165, 1.54) is 16.4 Å². The van der Waals surface area contributed by atoms with E-state index in [4.69, 9.17) is 11.6 Å². The monoisotopic (exact) mass is 443 g/mol. The van der Waals surface area contributed by atoms with E-state index in [0.29, 0.717) is 30.3 Å². The number of rotatable bonds is 3. The van der Waals surface area contributed by atoms with E-state index in [-0.39, 0.29) is 34.7 Å². The maximum Gasteiger partial charge on any atom is 0.246 e. The third-order valence-corrected chi connectivity index (χ3v) is 9.40. The minimum Gasteiger partial charge on any atom is -0.338 e. The Kier molecular flexibility index (Phi) is 5.14. The summed E-state index contributed by atoms with van der Waals surface area (Å²) in [4.78, 5) is 28.7. The van der Waals surface area contributed by atoms with Gasteiger partial charge < -0.3 is 9.80 Å². The Morgan fingerprint density at radius 2 is 1.82 bits per heavy atom. The lowest BCUT2D eigenvalue weighted by molar-refractivity contribution is -0.144. The molecule has 0 N–H and O–H groups in total. The lowest BCUT2D eigenvalue weighted by atomic mass is 10.2. The van der Waals surface area contributed by atoms with Gasteiger partial charge in [0.15, 0.2) is 0 Å². The first-order valence-electron chi connectivity index (χ1n) is 9.23. The van der Waals surface area contributed by atoms with Crippen molar-refractivity contribution in [1.29, 1.82) is 0 Å². The number of amides is 2. The molecule has 3 fully saturated rings. The summed E-state index contributed by atoms with van der Waals surface area (Å²) in [5.41, 5.74) is 0. The number of hydrogen-bond donors (Lipinski definition) is 0. The van der Waals surface area contributed by atoms with Crippen molar-refractivity contribution in [2.24, 2.45) is 0 Å². The van der Waals surface area contributed by atoms with E-state index in [0.717, 1.165) is 6.42 Å². The van der Waals surface area contributed by atoms with Gasteiger partial charge in [-0.15, -0.1) is 11.8 Å². The van der Waals surface area contributed by atoms with Crippen LogP contribution in [-0.4, -0.2) is 77.2 Å².